The average molecular weight is 248 g/mol. The minimum Gasteiger partial charge on any atom is -0.300 e. The Morgan fingerprint density at radius 3 is 2.67 bits per heavy atom. The second kappa shape index (κ2) is 6.32. The quantitative estimate of drug-likeness (QED) is 0.832. The molecule has 0 radical (unpaired) electrons. The molecule has 1 heterocycles. The minimum atomic E-state index is 0.481. The fraction of sp³-hybridized carbons (Fsp3) is 0.600. The molecule has 3 nitrogen and oxygen atoms in total. The number of hydrogen-bond donors (Lipinski definition) is 1. The van der Waals surface area contributed by atoms with E-state index in [0.29, 0.717) is 18.7 Å². The van der Waals surface area contributed by atoms with E-state index >= 15 is 0 Å². The van der Waals surface area contributed by atoms with Crippen molar-refractivity contribution >= 4 is 0 Å². The summed E-state index contributed by atoms with van der Waals surface area (Å²) in [5, 5.41) is 0. The first kappa shape index (κ1) is 13.5. The molecule has 0 saturated carbocycles. The fourth-order valence-corrected chi connectivity index (χ4v) is 2.88. The van der Waals surface area contributed by atoms with Gasteiger partial charge in [-0.05, 0) is 44.4 Å². The predicted molar refractivity (Wildman–Crippen MR) is 73.9 cm³/mol. The summed E-state index contributed by atoms with van der Waals surface area (Å²) in [5.74, 6) is 5.09. The first-order valence-electron chi connectivity index (χ1n) is 6.88. The third-order valence-electron chi connectivity index (χ3n) is 4.06. The Labute approximate surface area is 110 Å². The summed E-state index contributed by atoms with van der Waals surface area (Å²) < 4.78 is 0. The Hall–Kier alpha value is -0.900. The maximum Gasteiger partial charge on any atom is 0.0930 e. The standard InChI is InChI=1S/C15H24N2O/c1-12-5-3-4-10-17(12)13(2)15-8-6-14(7-9-15)11-18-16/h6-9,12-13H,3-5,10-11,16H2,1-2H3. The molecule has 1 aromatic carbocycles. The summed E-state index contributed by atoms with van der Waals surface area (Å²) in [4.78, 5) is 7.26. The largest absolute Gasteiger partial charge is 0.300 e. The number of hydrogen-bond acceptors (Lipinski definition) is 3. The van der Waals surface area contributed by atoms with Gasteiger partial charge in [-0.2, -0.15) is 0 Å². The highest BCUT2D eigenvalue weighted by Crippen LogP contribution is 2.28. The zero-order chi connectivity index (χ0) is 13.0. The zero-order valence-corrected chi connectivity index (χ0v) is 11.4. The number of likely N-dealkylation sites (tertiary alicyclic amines) is 1. The maximum atomic E-state index is 5.09. The Bertz CT molecular complexity index is 363. The Morgan fingerprint density at radius 1 is 1.33 bits per heavy atom. The first-order chi connectivity index (χ1) is 8.72. The molecule has 2 unspecified atom stereocenters. The van der Waals surface area contributed by atoms with Crippen LogP contribution in [0.25, 0.3) is 0 Å². The molecule has 1 aromatic rings. The van der Waals surface area contributed by atoms with Gasteiger partial charge in [-0.15, -0.1) is 0 Å². The summed E-state index contributed by atoms with van der Waals surface area (Å²) in [6.45, 7) is 6.34. The van der Waals surface area contributed by atoms with Crippen molar-refractivity contribution in [3.05, 3.63) is 35.4 Å². The van der Waals surface area contributed by atoms with Crippen LogP contribution in [0.15, 0.2) is 24.3 Å². The van der Waals surface area contributed by atoms with Gasteiger partial charge >= 0.3 is 0 Å². The van der Waals surface area contributed by atoms with Crippen molar-refractivity contribution in [2.24, 2.45) is 5.90 Å². The van der Waals surface area contributed by atoms with E-state index in [1.165, 1.54) is 31.4 Å². The van der Waals surface area contributed by atoms with E-state index in [9.17, 15) is 0 Å². The van der Waals surface area contributed by atoms with E-state index in [1.54, 1.807) is 0 Å². The molecule has 1 aliphatic rings. The van der Waals surface area contributed by atoms with E-state index in [2.05, 4.69) is 47.9 Å². The minimum absolute atomic E-state index is 0.481. The van der Waals surface area contributed by atoms with Gasteiger partial charge in [-0.25, -0.2) is 5.90 Å². The highest BCUT2D eigenvalue weighted by Gasteiger charge is 2.23. The molecule has 0 aromatic heterocycles. The van der Waals surface area contributed by atoms with Crippen LogP contribution in [0.3, 0.4) is 0 Å². The lowest BCUT2D eigenvalue weighted by molar-refractivity contribution is 0.114. The topological polar surface area (TPSA) is 38.5 Å². The second-order valence-electron chi connectivity index (χ2n) is 5.31. The van der Waals surface area contributed by atoms with E-state index in [-0.39, 0.29) is 0 Å². The summed E-state index contributed by atoms with van der Waals surface area (Å²) in [6, 6.07) is 9.79. The zero-order valence-electron chi connectivity index (χ0n) is 11.4. The number of nitrogens with two attached hydrogens (primary N) is 1. The molecule has 0 amide bonds. The first-order valence-corrected chi connectivity index (χ1v) is 6.88. The molecule has 1 aliphatic heterocycles. The molecule has 2 rings (SSSR count). The van der Waals surface area contributed by atoms with Crippen LogP contribution in [0, 0.1) is 0 Å². The summed E-state index contributed by atoms with van der Waals surface area (Å²) in [5.41, 5.74) is 2.50. The van der Waals surface area contributed by atoms with Crippen molar-refractivity contribution in [1.82, 2.24) is 4.90 Å². The maximum absolute atomic E-state index is 5.09. The molecule has 2 atom stereocenters. The van der Waals surface area contributed by atoms with Crippen molar-refractivity contribution in [2.45, 2.75) is 51.8 Å². The van der Waals surface area contributed by atoms with Gasteiger partial charge in [-0.3, -0.25) is 9.74 Å². The van der Waals surface area contributed by atoms with Crippen LogP contribution in [0.5, 0.6) is 0 Å². The molecule has 1 saturated heterocycles. The second-order valence-corrected chi connectivity index (χ2v) is 5.31. The van der Waals surface area contributed by atoms with Gasteiger partial charge in [0.1, 0.15) is 0 Å². The van der Waals surface area contributed by atoms with Crippen LogP contribution in [0.1, 0.15) is 50.3 Å². The summed E-state index contributed by atoms with van der Waals surface area (Å²) in [7, 11) is 0. The molecular formula is C15H24N2O. The van der Waals surface area contributed by atoms with Gasteiger partial charge in [0, 0.05) is 12.1 Å². The highest BCUT2D eigenvalue weighted by molar-refractivity contribution is 5.24. The lowest BCUT2D eigenvalue weighted by Gasteiger charge is -2.38. The molecule has 0 aliphatic carbocycles. The number of rotatable bonds is 4. The lowest BCUT2D eigenvalue weighted by atomic mass is 9.98. The SMILES string of the molecule is CC1CCCCN1C(C)c1ccc(CON)cc1. The number of nitrogens with zero attached hydrogens (tertiary/aromatic N) is 1. The van der Waals surface area contributed by atoms with Crippen LogP contribution in [-0.2, 0) is 11.4 Å². The van der Waals surface area contributed by atoms with Crippen molar-refractivity contribution < 1.29 is 4.84 Å². The third-order valence-corrected chi connectivity index (χ3v) is 4.06. The van der Waals surface area contributed by atoms with Crippen LogP contribution < -0.4 is 5.90 Å². The molecule has 18 heavy (non-hydrogen) atoms. The smallest absolute Gasteiger partial charge is 0.0930 e. The molecule has 0 bridgehead atoms. The molecule has 3 heteroatoms. The summed E-state index contributed by atoms with van der Waals surface area (Å²) in [6.07, 6.45) is 4.02. The monoisotopic (exact) mass is 248 g/mol. The molecular weight excluding hydrogens is 224 g/mol. The van der Waals surface area contributed by atoms with Gasteiger partial charge < -0.3 is 0 Å². The average Bonchev–Trinajstić information content (AvgIpc) is 2.40. The van der Waals surface area contributed by atoms with Gasteiger partial charge in [-0.1, -0.05) is 30.7 Å². The molecule has 1 fully saturated rings. The van der Waals surface area contributed by atoms with Crippen LogP contribution in [0.4, 0.5) is 0 Å². The van der Waals surface area contributed by atoms with E-state index in [0.717, 1.165) is 5.56 Å². The third kappa shape index (κ3) is 3.10. The van der Waals surface area contributed by atoms with Gasteiger partial charge in [0.25, 0.3) is 0 Å². The number of piperidine rings is 1. The normalized spacial score (nSPS) is 22.9. The molecule has 0 spiro atoms. The van der Waals surface area contributed by atoms with Crippen molar-refractivity contribution in [3.8, 4) is 0 Å². The van der Waals surface area contributed by atoms with Gasteiger partial charge in [0.15, 0.2) is 0 Å². The Balaban J connectivity index is 2.05. The van der Waals surface area contributed by atoms with E-state index in [1.807, 2.05) is 0 Å². The van der Waals surface area contributed by atoms with Gasteiger partial charge in [0.2, 0.25) is 0 Å². The Kier molecular flexibility index (Phi) is 4.75. The Morgan fingerprint density at radius 2 is 2.06 bits per heavy atom. The van der Waals surface area contributed by atoms with E-state index in [4.69, 9.17) is 5.90 Å². The molecule has 100 valence electrons. The van der Waals surface area contributed by atoms with Crippen molar-refractivity contribution in [1.29, 1.82) is 0 Å². The van der Waals surface area contributed by atoms with Crippen molar-refractivity contribution in [2.75, 3.05) is 6.54 Å². The highest BCUT2D eigenvalue weighted by atomic mass is 16.6. The van der Waals surface area contributed by atoms with Crippen LogP contribution >= 0.6 is 0 Å². The van der Waals surface area contributed by atoms with E-state index < -0.39 is 0 Å². The molecule has 2 N–H and O–H groups in total. The predicted octanol–water partition coefficient (Wildman–Crippen LogP) is 3.01. The van der Waals surface area contributed by atoms with Crippen molar-refractivity contribution in [3.63, 3.8) is 0 Å². The fourth-order valence-electron chi connectivity index (χ4n) is 2.88. The lowest BCUT2D eigenvalue weighted by Crippen LogP contribution is -2.39. The van der Waals surface area contributed by atoms with Crippen LogP contribution in [-0.4, -0.2) is 17.5 Å². The summed E-state index contributed by atoms with van der Waals surface area (Å²) >= 11 is 0. The van der Waals surface area contributed by atoms with Gasteiger partial charge in [0.05, 0.1) is 6.61 Å². The van der Waals surface area contributed by atoms with Crippen LogP contribution in [0.2, 0.25) is 0 Å². The number of benzene rings is 1.